The quantitative estimate of drug-likeness (QED) is 0.512. The van der Waals surface area contributed by atoms with Crippen LogP contribution in [0.25, 0.3) is 11.3 Å². The van der Waals surface area contributed by atoms with Gasteiger partial charge in [-0.25, -0.2) is 13.4 Å². The van der Waals surface area contributed by atoms with Gasteiger partial charge in [-0.1, -0.05) is 30.5 Å². The maximum absolute atomic E-state index is 12.9. The van der Waals surface area contributed by atoms with Crippen LogP contribution in [0.15, 0.2) is 58.5 Å². The van der Waals surface area contributed by atoms with Crippen LogP contribution in [0, 0.1) is 5.92 Å². The molecule has 4 rings (SSSR count). The fourth-order valence-corrected chi connectivity index (χ4v) is 5.65. The van der Waals surface area contributed by atoms with E-state index in [0.717, 1.165) is 43.1 Å². The van der Waals surface area contributed by atoms with E-state index in [1.165, 1.54) is 12.3 Å². The molecule has 0 radical (unpaired) electrons. The van der Waals surface area contributed by atoms with Crippen LogP contribution < -0.4 is 5.32 Å². The number of nitrogens with one attached hydrogen (secondary N) is 1. The summed E-state index contributed by atoms with van der Waals surface area (Å²) in [5, 5.41) is 3.01. The molecule has 0 bridgehead atoms. The molecular weight excluding hydrogens is 450 g/mol. The number of anilines is 1. The number of nitrogens with zero attached hydrogens (tertiary/aromatic N) is 2. The van der Waals surface area contributed by atoms with Gasteiger partial charge in [-0.3, -0.25) is 9.78 Å². The number of rotatable bonds is 7. The lowest BCUT2D eigenvalue weighted by Gasteiger charge is -2.24. The fraction of sp³-hybridized carbons (Fsp3) is 0.348. The van der Waals surface area contributed by atoms with Gasteiger partial charge in [-0.2, -0.15) is 0 Å². The number of carbonyl (C=O) groups excluding carboxylic acids is 1. The van der Waals surface area contributed by atoms with E-state index in [4.69, 9.17) is 16.0 Å². The summed E-state index contributed by atoms with van der Waals surface area (Å²) in [7, 11) is -3.41. The molecule has 1 N–H and O–H groups in total. The Morgan fingerprint density at radius 3 is 2.59 bits per heavy atom. The Kier molecular flexibility index (Phi) is 6.62. The molecule has 0 spiro atoms. The standard InChI is InChI=1S/C23H24ClN3O4S/c1-32(29,30)21-7-6-16(10-19(21)24)18(15-4-2-3-5-15)11-23(28)27-22-13-25-20(12-26-22)17-8-9-31-14-17/h6-10,12-15,18H,2-5,11H2,1H3,(H,26,27,28). The Morgan fingerprint density at radius 2 is 2.00 bits per heavy atom. The maximum Gasteiger partial charge on any atom is 0.226 e. The van der Waals surface area contributed by atoms with Gasteiger partial charge in [0.2, 0.25) is 5.91 Å². The first kappa shape index (κ1) is 22.5. The van der Waals surface area contributed by atoms with E-state index in [1.807, 2.05) is 0 Å². The van der Waals surface area contributed by atoms with Gasteiger partial charge in [0.05, 0.1) is 40.5 Å². The molecule has 1 saturated carbocycles. The van der Waals surface area contributed by atoms with Gasteiger partial charge in [0.1, 0.15) is 0 Å². The third-order valence-electron chi connectivity index (χ3n) is 5.89. The zero-order valence-corrected chi connectivity index (χ0v) is 19.2. The second-order valence-corrected chi connectivity index (χ2v) is 10.6. The zero-order valence-electron chi connectivity index (χ0n) is 17.6. The van der Waals surface area contributed by atoms with Crippen molar-refractivity contribution in [2.24, 2.45) is 5.92 Å². The summed E-state index contributed by atoms with van der Waals surface area (Å²) in [5.74, 6) is 0.491. The first-order valence-corrected chi connectivity index (χ1v) is 12.7. The lowest BCUT2D eigenvalue weighted by molar-refractivity contribution is -0.116. The van der Waals surface area contributed by atoms with Crippen molar-refractivity contribution in [3.8, 4) is 11.3 Å². The summed E-state index contributed by atoms with van der Waals surface area (Å²) in [4.78, 5) is 21.6. The van der Waals surface area contributed by atoms with Crippen LogP contribution in [0.5, 0.6) is 0 Å². The minimum absolute atomic E-state index is 0.0539. The van der Waals surface area contributed by atoms with E-state index in [2.05, 4.69) is 15.3 Å². The van der Waals surface area contributed by atoms with Crippen molar-refractivity contribution in [1.82, 2.24) is 9.97 Å². The average Bonchev–Trinajstić information content (AvgIpc) is 3.46. The monoisotopic (exact) mass is 473 g/mol. The molecule has 1 aliphatic carbocycles. The summed E-state index contributed by atoms with van der Waals surface area (Å²) < 4.78 is 28.9. The Labute approximate surface area is 192 Å². The molecule has 1 aliphatic rings. The highest BCUT2D eigenvalue weighted by molar-refractivity contribution is 7.90. The van der Waals surface area contributed by atoms with E-state index in [9.17, 15) is 13.2 Å². The second kappa shape index (κ2) is 9.42. The molecule has 3 aromatic rings. The molecule has 9 heteroatoms. The molecule has 2 aromatic heterocycles. The van der Waals surface area contributed by atoms with Crippen molar-refractivity contribution in [3.05, 3.63) is 59.8 Å². The summed E-state index contributed by atoms with van der Waals surface area (Å²) >= 11 is 6.28. The highest BCUT2D eigenvalue weighted by atomic mass is 35.5. The Morgan fingerprint density at radius 1 is 1.22 bits per heavy atom. The molecule has 1 amide bonds. The minimum atomic E-state index is -3.41. The van der Waals surface area contributed by atoms with Crippen LogP contribution in [0.4, 0.5) is 5.82 Å². The van der Waals surface area contributed by atoms with Crippen molar-refractivity contribution in [1.29, 1.82) is 0 Å². The number of benzene rings is 1. The molecule has 1 unspecified atom stereocenters. The van der Waals surface area contributed by atoms with Crippen LogP contribution in [0.1, 0.15) is 43.6 Å². The van der Waals surface area contributed by atoms with E-state index in [0.29, 0.717) is 17.4 Å². The third-order valence-corrected chi connectivity index (χ3v) is 7.47. The number of carbonyl (C=O) groups is 1. The molecule has 2 heterocycles. The van der Waals surface area contributed by atoms with Gasteiger partial charge in [0.15, 0.2) is 15.7 Å². The van der Waals surface area contributed by atoms with Crippen LogP contribution in [-0.2, 0) is 14.6 Å². The predicted octanol–water partition coefficient (Wildman–Crippen LogP) is 5.10. The molecule has 1 atom stereocenters. The Hall–Kier alpha value is -2.71. The fourth-order valence-electron chi connectivity index (χ4n) is 4.31. The summed E-state index contributed by atoms with van der Waals surface area (Å²) in [6, 6.07) is 6.79. The lowest BCUT2D eigenvalue weighted by atomic mass is 9.82. The van der Waals surface area contributed by atoms with Gasteiger partial charge in [-0.15, -0.1) is 0 Å². The average molecular weight is 474 g/mol. The summed E-state index contributed by atoms with van der Waals surface area (Å²) in [6.45, 7) is 0. The molecule has 168 valence electrons. The van der Waals surface area contributed by atoms with Gasteiger partial charge in [-0.05, 0) is 48.4 Å². The zero-order chi connectivity index (χ0) is 22.7. The third kappa shape index (κ3) is 5.19. The highest BCUT2D eigenvalue weighted by Crippen LogP contribution is 2.41. The normalized spacial score (nSPS) is 15.6. The topological polar surface area (TPSA) is 102 Å². The van der Waals surface area contributed by atoms with Gasteiger partial charge < -0.3 is 9.73 Å². The first-order valence-electron chi connectivity index (χ1n) is 10.5. The number of halogens is 1. The van der Waals surface area contributed by atoms with Crippen molar-refractivity contribution < 1.29 is 17.6 Å². The Balaban J connectivity index is 1.50. The van der Waals surface area contributed by atoms with E-state index < -0.39 is 9.84 Å². The largest absolute Gasteiger partial charge is 0.472 e. The van der Waals surface area contributed by atoms with E-state index in [1.54, 1.807) is 36.9 Å². The van der Waals surface area contributed by atoms with Crippen LogP contribution >= 0.6 is 11.6 Å². The molecule has 7 nitrogen and oxygen atoms in total. The van der Waals surface area contributed by atoms with Crippen molar-refractivity contribution in [3.63, 3.8) is 0 Å². The van der Waals surface area contributed by atoms with Crippen molar-refractivity contribution >= 4 is 33.2 Å². The van der Waals surface area contributed by atoms with Gasteiger partial charge in [0.25, 0.3) is 0 Å². The van der Waals surface area contributed by atoms with Crippen LogP contribution in [0.2, 0.25) is 5.02 Å². The Bertz CT molecular complexity index is 1190. The van der Waals surface area contributed by atoms with E-state index >= 15 is 0 Å². The lowest BCUT2D eigenvalue weighted by Crippen LogP contribution is -2.20. The molecule has 0 aliphatic heterocycles. The number of sulfone groups is 1. The SMILES string of the molecule is CS(=O)(=O)c1ccc(C(CC(=O)Nc2cnc(-c3ccoc3)cn2)C2CCCC2)cc1Cl. The number of amides is 1. The smallest absolute Gasteiger partial charge is 0.226 e. The highest BCUT2D eigenvalue weighted by Gasteiger charge is 2.29. The minimum Gasteiger partial charge on any atom is -0.472 e. The maximum atomic E-state index is 12.9. The van der Waals surface area contributed by atoms with Crippen molar-refractivity contribution in [2.75, 3.05) is 11.6 Å². The van der Waals surface area contributed by atoms with E-state index in [-0.39, 0.29) is 28.2 Å². The molecule has 32 heavy (non-hydrogen) atoms. The summed E-state index contributed by atoms with van der Waals surface area (Å²) in [6.07, 6.45) is 11.9. The molecular formula is C23H24ClN3O4S. The van der Waals surface area contributed by atoms with Crippen LogP contribution in [0.3, 0.4) is 0 Å². The van der Waals surface area contributed by atoms with Crippen LogP contribution in [-0.4, -0.2) is 30.5 Å². The van der Waals surface area contributed by atoms with Gasteiger partial charge >= 0.3 is 0 Å². The number of hydrogen-bond donors (Lipinski definition) is 1. The predicted molar refractivity (Wildman–Crippen MR) is 122 cm³/mol. The second-order valence-electron chi connectivity index (χ2n) is 8.16. The van der Waals surface area contributed by atoms with Gasteiger partial charge in [0, 0.05) is 18.2 Å². The molecule has 1 fully saturated rings. The van der Waals surface area contributed by atoms with Crippen molar-refractivity contribution in [2.45, 2.75) is 42.9 Å². The number of furan rings is 1. The number of aromatic nitrogens is 2. The molecule has 0 saturated heterocycles. The molecule has 1 aromatic carbocycles. The summed E-state index contributed by atoms with van der Waals surface area (Å²) in [5.41, 5.74) is 2.35. The first-order chi connectivity index (χ1) is 15.3. The number of hydrogen-bond acceptors (Lipinski definition) is 6.